The first kappa shape index (κ1) is 13.3. The second kappa shape index (κ2) is 4.69. The van der Waals surface area contributed by atoms with E-state index in [-0.39, 0.29) is 5.69 Å². The van der Waals surface area contributed by atoms with Gasteiger partial charge in [0.15, 0.2) is 11.5 Å². The third kappa shape index (κ3) is 1.97. The molecule has 0 N–H and O–H groups in total. The van der Waals surface area contributed by atoms with Gasteiger partial charge in [-0.25, -0.2) is 0 Å². The molecular formula is C14H15N5O2. The highest BCUT2D eigenvalue weighted by molar-refractivity contribution is 5.64. The Hall–Kier alpha value is -2.70. The summed E-state index contributed by atoms with van der Waals surface area (Å²) in [7, 11) is 1.90. The van der Waals surface area contributed by atoms with Gasteiger partial charge < -0.3 is 4.57 Å². The fraction of sp³-hybridized carbons (Fsp3) is 0.286. The number of non-ortho nitro benzene ring substituents is 1. The molecule has 108 valence electrons. The number of nitro groups is 1. The van der Waals surface area contributed by atoms with Crippen molar-refractivity contribution in [3.05, 3.63) is 45.6 Å². The third-order valence-corrected chi connectivity index (χ3v) is 3.63. The van der Waals surface area contributed by atoms with E-state index in [1.165, 1.54) is 12.1 Å². The minimum Gasteiger partial charge on any atom is -0.310 e. The van der Waals surface area contributed by atoms with Gasteiger partial charge in [0.2, 0.25) is 0 Å². The zero-order valence-corrected chi connectivity index (χ0v) is 12.1. The highest BCUT2D eigenvalue weighted by atomic mass is 16.6. The molecule has 7 nitrogen and oxygen atoms in total. The monoisotopic (exact) mass is 285 g/mol. The van der Waals surface area contributed by atoms with Crippen LogP contribution in [0.5, 0.6) is 0 Å². The molecule has 0 bridgehead atoms. The molecule has 0 aliphatic heterocycles. The van der Waals surface area contributed by atoms with Gasteiger partial charge in [-0.05, 0) is 13.3 Å². The molecular weight excluding hydrogens is 270 g/mol. The van der Waals surface area contributed by atoms with E-state index >= 15 is 0 Å². The largest absolute Gasteiger partial charge is 0.310 e. The lowest BCUT2D eigenvalue weighted by atomic mass is 10.2. The molecule has 0 radical (unpaired) electrons. The number of hydrogen-bond donors (Lipinski definition) is 0. The van der Waals surface area contributed by atoms with E-state index in [4.69, 9.17) is 0 Å². The van der Waals surface area contributed by atoms with Crippen LogP contribution in [-0.4, -0.2) is 24.3 Å². The molecule has 0 spiro atoms. The molecule has 7 heteroatoms. The molecule has 1 aromatic carbocycles. The standard InChI is InChI=1S/C14H15N5O2/c1-4-12-9(2)15-18-14(12)17(3)13(16-18)10-6-5-7-11(8-10)19(20)21/h5-8H,4H2,1-3H3. The lowest BCUT2D eigenvalue weighted by Gasteiger charge is -2.02. The smallest absolute Gasteiger partial charge is 0.270 e. The minimum atomic E-state index is -0.404. The van der Waals surface area contributed by atoms with E-state index in [1.807, 2.05) is 24.6 Å². The molecule has 2 heterocycles. The number of benzene rings is 1. The molecule has 0 aliphatic rings. The zero-order valence-electron chi connectivity index (χ0n) is 12.1. The molecule has 21 heavy (non-hydrogen) atoms. The topological polar surface area (TPSA) is 78.3 Å². The zero-order chi connectivity index (χ0) is 15.1. The maximum absolute atomic E-state index is 10.9. The maximum Gasteiger partial charge on any atom is 0.270 e. The predicted molar refractivity (Wildman–Crippen MR) is 78.2 cm³/mol. The Morgan fingerprint density at radius 2 is 2.10 bits per heavy atom. The van der Waals surface area contributed by atoms with Gasteiger partial charge in [0.1, 0.15) is 0 Å². The number of nitro benzene ring substituents is 1. The van der Waals surface area contributed by atoms with E-state index in [9.17, 15) is 10.1 Å². The molecule has 0 fully saturated rings. The van der Waals surface area contributed by atoms with Crippen molar-refractivity contribution in [3.8, 4) is 11.4 Å². The number of aryl methyl sites for hydroxylation is 3. The number of nitrogens with zero attached hydrogens (tertiary/aromatic N) is 5. The lowest BCUT2D eigenvalue weighted by Crippen LogP contribution is -1.96. The van der Waals surface area contributed by atoms with Crippen molar-refractivity contribution >= 4 is 11.3 Å². The summed E-state index contributed by atoms with van der Waals surface area (Å²) in [5, 5.41) is 19.8. The predicted octanol–water partition coefficient (Wildman–Crippen LogP) is 2.51. The molecule has 0 aliphatic carbocycles. The SMILES string of the molecule is CCc1c(C)nn2nc(-c3cccc([N+](=O)[O-])c3)n(C)c12. The molecule has 0 unspecified atom stereocenters. The van der Waals surface area contributed by atoms with Crippen LogP contribution in [0.25, 0.3) is 17.0 Å². The lowest BCUT2D eigenvalue weighted by molar-refractivity contribution is -0.384. The van der Waals surface area contributed by atoms with E-state index in [0.29, 0.717) is 11.4 Å². The van der Waals surface area contributed by atoms with Gasteiger partial charge in [-0.1, -0.05) is 19.1 Å². The Kier molecular flexibility index (Phi) is 2.97. The van der Waals surface area contributed by atoms with Crippen LogP contribution < -0.4 is 0 Å². The Morgan fingerprint density at radius 1 is 1.33 bits per heavy atom. The van der Waals surface area contributed by atoms with Crippen molar-refractivity contribution in [3.63, 3.8) is 0 Å². The van der Waals surface area contributed by atoms with Crippen LogP contribution in [0.3, 0.4) is 0 Å². The van der Waals surface area contributed by atoms with Crippen LogP contribution in [0.2, 0.25) is 0 Å². The van der Waals surface area contributed by atoms with Gasteiger partial charge >= 0.3 is 0 Å². The number of aromatic nitrogens is 4. The van der Waals surface area contributed by atoms with Crippen molar-refractivity contribution in [1.82, 2.24) is 19.4 Å². The highest BCUT2D eigenvalue weighted by Gasteiger charge is 2.18. The third-order valence-electron chi connectivity index (χ3n) is 3.63. The van der Waals surface area contributed by atoms with Crippen molar-refractivity contribution in [2.24, 2.45) is 7.05 Å². The molecule has 3 aromatic rings. The second-order valence-electron chi connectivity index (χ2n) is 4.92. The molecule has 0 saturated carbocycles. The van der Waals surface area contributed by atoms with Gasteiger partial charge in [0, 0.05) is 30.3 Å². The fourth-order valence-electron chi connectivity index (χ4n) is 2.62. The van der Waals surface area contributed by atoms with Gasteiger partial charge in [0.25, 0.3) is 5.69 Å². The van der Waals surface area contributed by atoms with E-state index < -0.39 is 4.92 Å². The first-order chi connectivity index (χ1) is 10.0. The van der Waals surface area contributed by atoms with Crippen LogP contribution >= 0.6 is 0 Å². The van der Waals surface area contributed by atoms with Crippen LogP contribution in [-0.2, 0) is 13.5 Å². The van der Waals surface area contributed by atoms with Gasteiger partial charge in [-0.3, -0.25) is 10.1 Å². The Bertz CT molecular complexity index is 847. The molecule has 0 atom stereocenters. The molecule has 0 saturated heterocycles. The summed E-state index contributed by atoms with van der Waals surface area (Å²) in [6.45, 7) is 4.03. The van der Waals surface area contributed by atoms with Crippen LogP contribution in [0, 0.1) is 17.0 Å². The Labute approximate surface area is 121 Å². The summed E-state index contributed by atoms with van der Waals surface area (Å²) in [4.78, 5) is 10.5. The van der Waals surface area contributed by atoms with Gasteiger partial charge in [-0.15, -0.1) is 9.73 Å². The first-order valence-electron chi connectivity index (χ1n) is 6.69. The van der Waals surface area contributed by atoms with E-state index in [1.54, 1.807) is 10.7 Å². The van der Waals surface area contributed by atoms with Crippen molar-refractivity contribution in [2.75, 3.05) is 0 Å². The summed E-state index contributed by atoms with van der Waals surface area (Å²) in [5.41, 5.74) is 3.79. The van der Waals surface area contributed by atoms with E-state index in [0.717, 1.165) is 23.3 Å². The number of fused-ring (bicyclic) bond motifs is 1. The van der Waals surface area contributed by atoms with Crippen molar-refractivity contribution in [1.29, 1.82) is 0 Å². The molecule has 0 amide bonds. The maximum atomic E-state index is 10.9. The Morgan fingerprint density at radius 3 is 2.76 bits per heavy atom. The first-order valence-corrected chi connectivity index (χ1v) is 6.69. The second-order valence-corrected chi connectivity index (χ2v) is 4.92. The van der Waals surface area contributed by atoms with E-state index in [2.05, 4.69) is 17.1 Å². The van der Waals surface area contributed by atoms with Gasteiger partial charge in [-0.2, -0.15) is 5.10 Å². The van der Waals surface area contributed by atoms with Crippen LogP contribution in [0.15, 0.2) is 24.3 Å². The summed E-state index contributed by atoms with van der Waals surface area (Å²) in [5.74, 6) is 0.663. The average molecular weight is 285 g/mol. The summed E-state index contributed by atoms with van der Waals surface area (Å²) >= 11 is 0. The van der Waals surface area contributed by atoms with Crippen molar-refractivity contribution in [2.45, 2.75) is 20.3 Å². The quantitative estimate of drug-likeness (QED) is 0.547. The normalized spacial score (nSPS) is 11.2. The van der Waals surface area contributed by atoms with Crippen LogP contribution in [0.1, 0.15) is 18.2 Å². The Balaban J connectivity index is 2.22. The van der Waals surface area contributed by atoms with Crippen molar-refractivity contribution < 1.29 is 4.92 Å². The number of rotatable bonds is 3. The van der Waals surface area contributed by atoms with Crippen LogP contribution in [0.4, 0.5) is 5.69 Å². The molecule has 2 aromatic heterocycles. The molecule has 3 rings (SSSR count). The summed E-state index contributed by atoms with van der Waals surface area (Å²) in [6.07, 6.45) is 0.864. The number of hydrogen-bond acceptors (Lipinski definition) is 4. The summed E-state index contributed by atoms with van der Waals surface area (Å²) < 4.78 is 3.53. The fourth-order valence-corrected chi connectivity index (χ4v) is 2.62. The average Bonchev–Trinajstić information content (AvgIpc) is 2.94. The van der Waals surface area contributed by atoms with Gasteiger partial charge in [0.05, 0.1) is 10.6 Å². The summed E-state index contributed by atoms with van der Waals surface area (Å²) in [6, 6.07) is 6.48. The minimum absolute atomic E-state index is 0.0556. The highest BCUT2D eigenvalue weighted by Crippen LogP contribution is 2.25.